The van der Waals surface area contributed by atoms with E-state index in [2.05, 4.69) is 125 Å². The van der Waals surface area contributed by atoms with Gasteiger partial charge >= 0.3 is 39.5 Å². The first-order valence-corrected chi connectivity index (χ1v) is 41.1. The lowest BCUT2D eigenvalue weighted by Gasteiger charge is -2.21. The van der Waals surface area contributed by atoms with Crippen LogP contribution < -0.4 is 0 Å². The Hall–Kier alpha value is -4.28. The maximum atomic E-state index is 13.1. The van der Waals surface area contributed by atoms with Crippen molar-refractivity contribution in [1.29, 1.82) is 0 Å². The van der Waals surface area contributed by atoms with Crippen LogP contribution in [0, 0.1) is 0 Å². The molecule has 5 unspecified atom stereocenters. The van der Waals surface area contributed by atoms with Crippen molar-refractivity contribution >= 4 is 39.5 Å². The van der Waals surface area contributed by atoms with Gasteiger partial charge in [0.25, 0.3) is 0 Å². The van der Waals surface area contributed by atoms with Crippen LogP contribution in [-0.4, -0.2) is 96.7 Å². The smallest absolute Gasteiger partial charge is 0.462 e. The summed E-state index contributed by atoms with van der Waals surface area (Å²) in [6, 6.07) is 0. The highest BCUT2D eigenvalue weighted by Gasteiger charge is 2.30. The van der Waals surface area contributed by atoms with E-state index >= 15 is 0 Å². The van der Waals surface area contributed by atoms with Crippen molar-refractivity contribution in [2.75, 3.05) is 39.6 Å². The Bertz CT molecular complexity index is 2290. The fourth-order valence-electron chi connectivity index (χ4n) is 9.97. The average molecular weight is 1420 g/mol. The van der Waals surface area contributed by atoms with Gasteiger partial charge in [0.15, 0.2) is 12.2 Å². The Morgan fingerprint density at radius 1 is 0.296 bits per heavy atom. The van der Waals surface area contributed by atoms with Crippen molar-refractivity contribution in [3.63, 3.8) is 0 Å². The Morgan fingerprint density at radius 2 is 0.541 bits per heavy atom. The summed E-state index contributed by atoms with van der Waals surface area (Å²) >= 11 is 0. The minimum atomic E-state index is -4.99. The van der Waals surface area contributed by atoms with Gasteiger partial charge in [0.05, 0.1) is 26.4 Å². The van der Waals surface area contributed by atoms with E-state index in [1.165, 1.54) is 77.0 Å². The fourth-order valence-corrected chi connectivity index (χ4v) is 11.5. The Morgan fingerprint density at radius 3 is 0.878 bits per heavy atom. The molecule has 0 aliphatic rings. The van der Waals surface area contributed by atoms with E-state index < -0.39 is 97.5 Å². The SMILES string of the molecule is CC/C=C\C/C=C\C/C=C\C/C=C\C/C=C\CCCC(=O)OCC(COP(=O)(O)OCC(O)COP(=O)(O)OCC(COC(=O)CCCCCCC/C=C\CCCCCC)OC(=O)CCCCCCCCCCCCCCC)OC(=O)CCCCCCC/C=C\C/C=C\C/C=C\CC. The number of unbranched alkanes of at least 4 members (excludes halogenated alkanes) is 27. The molecule has 19 heteroatoms. The van der Waals surface area contributed by atoms with Gasteiger partial charge in [-0.15, -0.1) is 0 Å². The van der Waals surface area contributed by atoms with E-state index in [4.69, 9.17) is 37.0 Å². The number of carbonyl (C=O) groups excluding carboxylic acids is 4. The Labute approximate surface area is 594 Å². The van der Waals surface area contributed by atoms with Crippen molar-refractivity contribution < 1.29 is 80.2 Å². The molecule has 17 nitrogen and oxygen atoms in total. The second kappa shape index (κ2) is 71.1. The molecule has 3 N–H and O–H groups in total. The molecule has 0 spiro atoms. The predicted molar refractivity (Wildman–Crippen MR) is 399 cm³/mol. The normalized spacial score (nSPS) is 14.6. The third kappa shape index (κ3) is 70.2. The van der Waals surface area contributed by atoms with Crippen LogP contribution in [0.4, 0.5) is 0 Å². The molecular weight excluding hydrogens is 1280 g/mol. The molecule has 0 aromatic heterocycles. The first kappa shape index (κ1) is 93.7. The minimum Gasteiger partial charge on any atom is -0.462 e. The van der Waals surface area contributed by atoms with Crippen molar-refractivity contribution in [3.8, 4) is 0 Å². The number of esters is 4. The number of aliphatic hydroxyl groups is 1. The molecule has 0 aromatic carbocycles. The molecule has 0 saturated heterocycles. The van der Waals surface area contributed by atoms with Crippen molar-refractivity contribution in [3.05, 3.63) is 109 Å². The maximum Gasteiger partial charge on any atom is 0.472 e. The Balaban J connectivity index is 5.40. The number of allylic oxidation sites excluding steroid dienone is 18. The van der Waals surface area contributed by atoms with Gasteiger partial charge in [-0.3, -0.25) is 37.3 Å². The zero-order valence-corrected chi connectivity index (χ0v) is 63.2. The second-order valence-corrected chi connectivity index (χ2v) is 28.1. The van der Waals surface area contributed by atoms with Gasteiger partial charge < -0.3 is 33.8 Å². The van der Waals surface area contributed by atoms with Gasteiger partial charge in [0.2, 0.25) is 0 Å². The lowest BCUT2D eigenvalue weighted by atomic mass is 10.0. The van der Waals surface area contributed by atoms with E-state index in [1.807, 2.05) is 12.2 Å². The molecule has 0 aliphatic carbocycles. The number of rotatable bonds is 71. The number of phosphoric ester groups is 2. The lowest BCUT2D eigenvalue weighted by Crippen LogP contribution is -2.30. The summed E-state index contributed by atoms with van der Waals surface area (Å²) < 4.78 is 68.4. The van der Waals surface area contributed by atoms with Crippen LogP contribution in [0.15, 0.2) is 109 Å². The topological polar surface area (TPSA) is 237 Å². The first-order valence-electron chi connectivity index (χ1n) is 38.1. The van der Waals surface area contributed by atoms with Gasteiger partial charge in [-0.1, -0.05) is 272 Å². The number of hydrogen-bond donors (Lipinski definition) is 3. The number of ether oxygens (including phenoxy) is 4. The molecule has 0 saturated carbocycles. The van der Waals surface area contributed by atoms with Crippen LogP contribution in [0.3, 0.4) is 0 Å². The molecule has 0 radical (unpaired) electrons. The zero-order chi connectivity index (χ0) is 71.8. The largest absolute Gasteiger partial charge is 0.472 e. The molecular formula is C79H136O17P2. The lowest BCUT2D eigenvalue weighted by molar-refractivity contribution is -0.161. The summed E-state index contributed by atoms with van der Waals surface area (Å²) in [7, 11) is -9.97. The molecule has 0 fully saturated rings. The highest BCUT2D eigenvalue weighted by Crippen LogP contribution is 2.45. The molecule has 0 aromatic rings. The summed E-state index contributed by atoms with van der Waals surface area (Å²) in [6.45, 7) is 4.55. The average Bonchev–Trinajstić information content (AvgIpc) is 1.05. The summed E-state index contributed by atoms with van der Waals surface area (Å²) in [4.78, 5) is 72.8. The van der Waals surface area contributed by atoms with Crippen LogP contribution in [0.2, 0.25) is 0 Å². The molecule has 564 valence electrons. The predicted octanol–water partition coefficient (Wildman–Crippen LogP) is 21.8. The zero-order valence-electron chi connectivity index (χ0n) is 61.4. The standard InChI is InChI=1S/C79H136O17P2/c1-5-9-13-17-21-25-29-33-35-36-38-41-44-48-52-56-60-64-77(82)90-70-75(96-79(84)66-62-58-54-50-46-42-37-34-30-26-22-18-14-10-6-2)72-94-98(87,88)92-68-73(80)67-91-97(85,86)93-71-74(95-78(83)65-61-57-53-49-45-40-32-28-24-20-16-12-8-4)69-89-76(81)63-59-55-51-47-43-39-31-27-23-19-15-11-7-3/h9-10,13-14,21-22,25-27,31,33-35,37-38,41,48,52,73-75,80H,5-8,11-12,15-20,23-24,28-30,32,36,39-40,42-47,49-51,53-72H2,1-4H3,(H,85,86)(H,87,88)/b13-9-,14-10-,25-21-,26-22-,31-27-,35-33-,37-34-,41-38-,52-48-. The molecule has 0 aliphatic heterocycles. The third-order valence-corrected chi connectivity index (χ3v) is 17.6. The molecule has 0 amide bonds. The molecule has 0 rings (SSSR count). The third-order valence-electron chi connectivity index (χ3n) is 15.7. The van der Waals surface area contributed by atoms with E-state index in [9.17, 15) is 43.2 Å². The molecule has 0 bridgehead atoms. The van der Waals surface area contributed by atoms with Crippen LogP contribution in [0.1, 0.15) is 310 Å². The molecule has 98 heavy (non-hydrogen) atoms. The molecule has 5 atom stereocenters. The number of phosphoric acid groups is 2. The fraction of sp³-hybridized carbons (Fsp3) is 0.722. The van der Waals surface area contributed by atoms with E-state index in [0.717, 1.165) is 148 Å². The van der Waals surface area contributed by atoms with Crippen LogP contribution in [0.25, 0.3) is 0 Å². The van der Waals surface area contributed by atoms with Crippen molar-refractivity contribution in [2.45, 2.75) is 329 Å². The Kier molecular flexibility index (Phi) is 68.0. The van der Waals surface area contributed by atoms with Gasteiger partial charge in [-0.2, -0.15) is 0 Å². The second-order valence-electron chi connectivity index (χ2n) is 25.2. The van der Waals surface area contributed by atoms with Crippen molar-refractivity contribution in [2.24, 2.45) is 0 Å². The number of aliphatic hydroxyl groups excluding tert-OH is 1. The van der Waals surface area contributed by atoms with Crippen LogP contribution >= 0.6 is 15.6 Å². The van der Waals surface area contributed by atoms with Crippen molar-refractivity contribution in [1.82, 2.24) is 0 Å². The summed E-state index contributed by atoms with van der Waals surface area (Å²) in [5.41, 5.74) is 0. The van der Waals surface area contributed by atoms with Crippen LogP contribution in [0.5, 0.6) is 0 Å². The number of hydrogen-bond acceptors (Lipinski definition) is 15. The summed E-state index contributed by atoms with van der Waals surface area (Å²) in [6.07, 6.45) is 75.1. The quantitative estimate of drug-likeness (QED) is 0.0169. The molecule has 0 heterocycles. The maximum absolute atomic E-state index is 13.1. The minimum absolute atomic E-state index is 0.0618. The van der Waals surface area contributed by atoms with Gasteiger partial charge in [-0.25, -0.2) is 9.13 Å². The first-order chi connectivity index (χ1) is 47.7. The van der Waals surface area contributed by atoms with E-state index in [-0.39, 0.29) is 25.7 Å². The highest BCUT2D eigenvalue weighted by molar-refractivity contribution is 7.47. The van der Waals surface area contributed by atoms with E-state index in [0.29, 0.717) is 32.1 Å². The summed E-state index contributed by atoms with van der Waals surface area (Å²) in [5.74, 6) is -2.26. The monoisotopic (exact) mass is 1420 g/mol. The highest BCUT2D eigenvalue weighted by atomic mass is 31.2. The number of carbonyl (C=O) groups is 4. The van der Waals surface area contributed by atoms with Gasteiger partial charge in [-0.05, 0) is 122 Å². The van der Waals surface area contributed by atoms with Gasteiger partial charge in [0, 0.05) is 25.7 Å². The van der Waals surface area contributed by atoms with Gasteiger partial charge in [0.1, 0.15) is 19.3 Å². The summed E-state index contributed by atoms with van der Waals surface area (Å²) in [5, 5.41) is 10.6. The van der Waals surface area contributed by atoms with Crippen LogP contribution in [-0.2, 0) is 65.4 Å². The van der Waals surface area contributed by atoms with E-state index in [1.54, 1.807) is 0 Å².